The van der Waals surface area contributed by atoms with Crippen molar-refractivity contribution in [3.05, 3.63) is 88.1 Å². The van der Waals surface area contributed by atoms with Crippen LogP contribution in [-0.4, -0.2) is 21.1 Å². The number of hydrogen-bond acceptors (Lipinski definition) is 4. The fraction of sp³-hybridized carbons (Fsp3) is 0.182. The molecule has 0 unspecified atom stereocenters. The van der Waals surface area contributed by atoms with E-state index in [1.165, 1.54) is 6.07 Å². The predicted molar refractivity (Wildman–Crippen MR) is 111 cm³/mol. The first kappa shape index (κ1) is 19.6. The zero-order chi connectivity index (χ0) is 21.1. The third kappa shape index (κ3) is 4.03. The van der Waals surface area contributed by atoms with Crippen molar-refractivity contribution in [2.24, 2.45) is 0 Å². The van der Waals surface area contributed by atoms with Gasteiger partial charge in [-0.15, -0.1) is 0 Å². The van der Waals surface area contributed by atoms with Crippen molar-refractivity contribution in [2.75, 3.05) is 11.9 Å². The van der Waals surface area contributed by atoms with Crippen molar-refractivity contribution < 1.29 is 13.5 Å². The number of aromatic nitrogens is 3. The van der Waals surface area contributed by atoms with Crippen molar-refractivity contribution >= 4 is 16.7 Å². The van der Waals surface area contributed by atoms with Crippen molar-refractivity contribution in [3.8, 4) is 5.75 Å². The SMILES string of the molecule is CCNc1cccn(Cc2nc3c(COc4ccc(F)cc4F)cccc3[nH]2)c1=O. The maximum absolute atomic E-state index is 13.8. The predicted octanol–water partition coefficient (Wildman–Crippen LogP) is 4.06. The Balaban J connectivity index is 1.58. The van der Waals surface area contributed by atoms with Crippen LogP contribution in [-0.2, 0) is 13.2 Å². The lowest BCUT2D eigenvalue weighted by Crippen LogP contribution is -2.23. The van der Waals surface area contributed by atoms with Crippen LogP contribution in [0.4, 0.5) is 14.5 Å². The number of nitrogens with zero attached hydrogens (tertiary/aromatic N) is 2. The van der Waals surface area contributed by atoms with E-state index in [1.54, 1.807) is 22.9 Å². The molecule has 8 heteroatoms. The van der Waals surface area contributed by atoms with E-state index in [-0.39, 0.29) is 24.5 Å². The monoisotopic (exact) mass is 410 g/mol. The van der Waals surface area contributed by atoms with E-state index in [2.05, 4.69) is 15.3 Å². The molecule has 0 aliphatic carbocycles. The number of ether oxygens (including phenoxy) is 1. The number of fused-ring (bicyclic) bond motifs is 1. The first-order valence-electron chi connectivity index (χ1n) is 9.53. The molecule has 0 radical (unpaired) electrons. The normalized spacial score (nSPS) is 11.0. The molecule has 0 aliphatic heterocycles. The second kappa shape index (κ2) is 8.36. The molecule has 0 saturated carbocycles. The first-order chi connectivity index (χ1) is 14.5. The molecule has 0 spiro atoms. The smallest absolute Gasteiger partial charge is 0.274 e. The third-order valence-electron chi connectivity index (χ3n) is 4.63. The highest BCUT2D eigenvalue weighted by Crippen LogP contribution is 2.22. The van der Waals surface area contributed by atoms with Gasteiger partial charge in [-0.05, 0) is 37.3 Å². The van der Waals surface area contributed by atoms with Crippen LogP contribution in [0.3, 0.4) is 0 Å². The minimum atomic E-state index is -0.759. The number of H-pyrrole nitrogens is 1. The number of benzene rings is 2. The van der Waals surface area contributed by atoms with Gasteiger partial charge in [0.15, 0.2) is 11.6 Å². The van der Waals surface area contributed by atoms with Crippen LogP contribution in [0.25, 0.3) is 11.0 Å². The summed E-state index contributed by atoms with van der Waals surface area (Å²) < 4.78 is 34.0. The van der Waals surface area contributed by atoms with Crippen molar-refractivity contribution in [2.45, 2.75) is 20.1 Å². The van der Waals surface area contributed by atoms with E-state index >= 15 is 0 Å². The lowest BCUT2D eigenvalue weighted by molar-refractivity contribution is 0.290. The van der Waals surface area contributed by atoms with Gasteiger partial charge in [0, 0.05) is 24.4 Å². The van der Waals surface area contributed by atoms with E-state index in [4.69, 9.17) is 4.74 Å². The summed E-state index contributed by atoms with van der Waals surface area (Å²) in [7, 11) is 0. The zero-order valence-electron chi connectivity index (χ0n) is 16.3. The molecule has 2 heterocycles. The van der Waals surface area contributed by atoms with Gasteiger partial charge in [0.1, 0.15) is 23.9 Å². The number of pyridine rings is 1. The molecule has 4 aromatic rings. The molecular weight excluding hydrogens is 390 g/mol. The van der Waals surface area contributed by atoms with E-state index in [1.807, 2.05) is 25.1 Å². The standard InChI is InChI=1S/C22H20F2N4O2/c1-2-25-18-7-4-10-28(22(18)29)12-20-26-17-6-3-5-14(21(17)27-20)13-30-19-9-8-15(23)11-16(19)24/h3-11,25H,2,12-13H2,1H3,(H,26,27). The maximum atomic E-state index is 13.8. The van der Waals surface area contributed by atoms with Crippen LogP contribution in [0, 0.1) is 11.6 Å². The van der Waals surface area contributed by atoms with Crippen molar-refractivity contribution in [3.63, 3.8) is 0 Å². The summed E-state index contributed by atoms with van der Waals surface area (Å²) in [6.45, 7) is 2.93. The summed E-state index contributed by atoms with van der Waals surface area (Å²) in [4.78, 5) is 20.4. The van der Waals surface area contributed by atoms with Crippen LogP contribution < -0.4 is 15.6 Å². The molecule has 0 aliphatic rings. The van der Waals surface area contributed by atoms with Gasteiger partial charge in [0.05, 0.1) is 17.6 Å². The summed E-state index contributed by atoms with van der Waals surface area (Å²) in [5.41, 5.74) is 2.60. The summed E-state index contributed by atoms with van der Waals surface area (Å²) >= 11 is 0. The summed E-state index contributed by atoms with van der Waals surface area (Å²) in [6.07, 6.45) is 1.71. The lowest BCUT2D eigenvalue weighted by Gasteiger charge is -2.08. The topological polar surface area (TPSA) is 71.9 Å². The van der Waals surface area contributed by atoms with E-state index in [0.29, 0.717) is 23.6 Å². The molecule has 4 rings (SSSR count). The molecule has 2 aromatic heterocycles. The van der Waals surface area contributed by atoms with Gasteiger partial charge in [-0.2, -0.15) is 0 Å². The second-order valence-corrected chi connectivity index (χ2v) is 6.75. The quantitative estimate of drug-likeness (QED) is 0.482. The summed E-state index contributed by atoms with van der Waals surface area (Å²) in [6, 6.07) is 12.3. The lowest BCUT2D eigenvalue weighted by atomic mass is 10.2. The minimum absolute atomic E-state index is 0.0315. The highest BCUT2D eigenvalue weighted by molar-refractivity contribution is 5.78. The Morgan fingerprint density at radius 1 is 1.17 bits per heavy atom. The molecule has 2 aromatic carbocycles. The Kier molecular flexibility index (Phi) is 5.47. The van der Waals surface area contributed by atoms with Gasteiger partial charge in [-0.1, -0.05) is 12.1 Å². The number of para-hydroxylation sites is 1. The van der Waals surface area contributed by atoms with Gasteiger partial charge in [-0.25, -0.2) is 13.8 Å². The Hall–Kier alpha value is -3.68. The van der Waals surface area contributed by atoms with Crippen molar-refractivity contribution in [1.29, 1.82) is 0 Å². The Morgan fingerprint density at radius 2 is 2.03 bits per heavy atom. The molecule has 0 saturated heterocycles. The molecule has 6 nitrogen and oxygen atoms in total. The van der Waals surface area contributed by atoms with Crippen LogP contribution in [0.5, 0.6) is 5.75 Å². The Labute approximate surface area is 171 Å². The van der Waals surface area contributed by atoms with Crippen LogP contribution in [0.1, 0.15) is 18.3 Å². The minimum Gasteiger partial charge on any atom is -0.486 e. The maximum Gasteiger partial charge on any atom is 0.274 e. The zero-order valence-corrected chi connectivity index (χ0v) is 16.3. The molecule has 0 fully saturated rings. The second-order valence-electron chi connectivity index (χ2n) is 6.75. The number of nitrogens with one attached hydrogen (secondary N) is 2. The van der Waals surface area contributed by atoms with Gasteiger partial charge < -0.3 is 19.6 Å². The molecule has 0 atom stereocenters. The number of hydrogen-bond donors (Lipinski definition) is 2. The van der Waals surface area contributed by atoms with E-state index in [9.17, 15) is 13.6 Å². The van der Waals surface area contributed by atoms with Crippen molar-refractivity contribution in [1.82, 2.24) is 14.5 Å². The fourth-order valence-electron chi connectivity index (χ4n) is 3.23. The third-order valence-corrected chi connectivity index (χ3v) is 4.63. The van der Waals surface area contributed by atoms with Crippen LogP contribution in [0.2, 0.25) is 0 Å². The average molecular weight is 410 g/mol. The number of imidazole rings is 1. The number of aromatic amines is 1. The van der Waals surface area contributed by atoms with E-state index < -0.39 is 11.6 Å². The van der Waals surface area contributed by atoms with Gasteiger partial charge in [0.2, 0.25) is 0 Å². The van der Waals surface area contributed by atoms with Crippen LogP contribution >= 0.6 is 0 Å². The van der Waals surface area contributed by atoms with Gasteiger partial charge in [0.25, 0.3) is 5.56 Å². The molecule has 154 valence electrons. The highest BCUT2D eigenvalue weighted by atomic mass is 19.1. The first-order valence-corrected chi connectivity index (χ1v) is 9.53. The number of halogens is 2. The Morgan fingerprint density at radius 3 is 2.83 bits per heavy atom. The molecule has 0 amide bonds. The van der Waals surface area contributed by atoms with Crippen LogP contribution in [0.15, 0.2) is 59.5 Å². The van der Waals surface area contributed by atoms with E-state index in [0.717, 1.165) is 23.2 Å². The summed E-state index contributed by atoms with van der Waals surface area (Å²) in [5, 5.41) is 3.04. The number of rotatable bonds is 7. The largest absolute Gasteiger partial charge is 0.486 e. The highest BCUT2D eigenvalue weighted by Gasteiger charge is 2.11. The Bertz CT molecular complexity index is 1250. The average Bonchev–Trinajstić information content (AvgIpc) is 3.14. The fourth-order valence-corrected chi connectivity index (χ4v) is 3.23. The molecule has 30 heavy (non-hydrogen) atoms. The molecule has 2 N–H and O–H groups in total. The summed E-state index contributed by atoms with van der Waals surface area (Å²) in [5.74, 6) is -0.839. The van der Waals surface area contributed by atoms with Gasteiger partial charge >= 0.3 is 0 Å². The molecular formula is C22H20F2N4O2. The number of anilines is 1. The molecule has 0 bridgehead atoms. The van der Waals surface area contributed by atoms with Gasteiger partial charge in [-0.3, -0.25) is 4.79 Å².